The van der Waals surface area contributed by atoms with Crippen LogP contribution in [0.2, 0.25) is 5.02 Å². The first kappa shape index (κ1) is 18.8. The summed E-state index contributed by atoms with van der Waals surface area (Å²) in [5, 5.41) is 0.623. The molecule has 1 saturated carbocycles. The van der Waals surface area contributed by atoms with Crippen LogP contribution in [0.25, 0.3) is 21.7 Å². The summed E-state index contributed by atoms with van der Waals surface area (Å²) < 4.78 is 29.0. The Kier molecular flexibility index (Phi) is 4.51. The van der Waals surface area contributed by atoms with Gasteiger partial charge in [-0.25, -0.2) is 18.1 Å². The molecule has 5 nitrogen and oxygen atoms in total. The summed E-state index contributed by atoms with van der Waals surface area (Å²) in [7, 11) is -3.59. The number of aromatic amines is 1. The van der Waals surface area contributed by atoms with E-state index in [-0.39, 0.29) is 22.1 Å². The quantitative estimate of drug-likeness (QED) is 0.454. The number of thiophene rings is 1. The van der Waals surface area contributed by atoms with Crippen molar-refractivity contribution < 1.29 is 8.42 Å². The maximum absolute atomic E-state index is 12.9. The third-order valence-electron chi connectivity index (χ3n) is 5.38. The Morgan fingerprint density at radius 3 is 2.69 bits per heavy atom. The van der Waals surface area contributed by atoms with E-state index in [1.165, 1.54) is 16.9 Å². The van der Waals surface area contributed by atoms with E-state index in [0.717, 1.165) is 15.9 Å². The molecule has 0 bridgehead atoms. The number of benzene rings is 2. The Morgan fingerprint density at radius 2 is 1.90 bits per heavy atom. The van der Waals surface area contributed by atoms with Gasteiger partial charge < -0.3 is 4.98 Å². The lowest BCUT2D eigenvalue weighted by molar-refractivity contribution is 0.580. The molecule has 4 aromatic rings. The Bertz CT molecular complexity index is 1300. The molecular formula is C21H18ClN3O2S2. The smallest absolute Gasteiger partial charge is 0.250 e. The first-order valence-corrected chi connectivity index (χ1v) is 11.9. The predicted octanol–water partition coefficient (Wildman–Crippen LogP) is 5.03. The van der Waals surface area contributed by atoms with Gasteiger partial charge in [0, 0.05) is 17.0 Å². The normalized spacial score (nSPS) is 21.5. The fraction of sp³-hybridized carbons (Fsp3) is 0.190. The lowest BCUT2D eigenvalue weighted by Gasteiger charge is -2.04. The van der Waals surface area contributed by atoms with Crippen molar-refractivity contribution in [1.29, 1.82) is 0 Å². The van der Waals surface area contributed by atoms with Gasteiger partial charge >= 0.3 is 0 Å². The minimum absolute atomic E-state index is 0.0821. The summed E-state index contributed by atoms with van der Waals surface area (Å²) in [5.41, 5.74) is 2.78. The molecule has 5 rings (SSSR count). The van der Waals surface area contributed by atoms with Crippen molar-refractivity contribution in [2.45, 2.75) is 23.1 Å². The highest BCUT2D eigenvalue weighted by Crippen LogP contribution is 2.48. The van der Waals surface area contributed by atoms with Gasteiger partial charge in [-0.2, -0.15) is 0 Å². The molecule has 3 atom stereocenters. The Labute approximate surface area is 177 Å². The van der Waals surface area contributed by atoms with Crippen LogP contribution in [0.15, 0.2) is 64.9 Å². The zero-order valence-corrected chi connectivity index (χ0v) is 17.9. The summed E-state index contributed by atoms with van der Waals surface area (Å²) in [6.45, 7) is 2.07. The molecule has 0 radical (unpaired) electrons. The van der Waals surface area contributed by atoms with Crippen molar-refractivity contribution in [3.63, 3.8) is 0 Å². The molecule has 1 aliphatic rings. The molecule has 0 amide bonds. The van der Waals surface area contributed by atoms with Gasteiger partial charge in [-0.05, 0) is 41.8 Å². The van der Waals surface area contributed by atoms with Gasteiger partial charge in [0.25, 0.3) is 0 Å². The SMILES string of the molecule is C[C@H]1[C@H](NS(=O)(=O)c2ccc(-c3nc4ccc(Cl)cc4[nH]3)s2)[C@H]1c1ccccc1. The number of hydrogen-bond acceptors (Lipinski definition) is 4. The number of rotatable bonds is 5. The van der Waals surface area contributed by atoms with Crippen LogP contribution in [-0.2, 0) is 10.0 Å². The molecule has 2 aromatic heterocycles. The molecule has 0 saturated heterocycles. The number of fused-ring (bicyclic) bond motifs is 1. The van der Waals surface area contributed by atoms with Gasteiger partial charge in [0.1, 0.15) is 10.0 Å². The fourth-order valence-corrected chi connectivity index (χ4v) is 6.55. The Morgan fingerprint density at radius 1 is 1.10 bits per heavy atom. The Balaban J connectivity index is 1.38. The highest BCUT2D eigenvalue weighted by atomic mass is 35.5. The number of aromatic nitrogens is 2. The maximum Gasteiger partial charge on any atom is 0.250 e. The molecule has 0 unspecified atom stereocenters. The van der Waals surface area contributed by atoms with Gasteiger partial charge in [-0.15, -0.1) is 11.3 Å². The largest absolute Gasteiger partial charge is 0.337 e. The van der Waals surface area contributed by atoms with E-state index in [1.54, 1.807) is 24.3 Å². The zero-order chi connectivity index (χ0) is 20.2. The second-order valence-corrected chi connectivity index (χ2v) is 10.8. The average Bonchev–Trinajstić information content (AvgIpc) is 3.11. The van der Waals surface area contributed by atoms with Crippen molar-refractivity contribution in [3.05, 3.63) is 71.2 Å². The lowest BCUT2D eigenvalue weighted by Crippen LogP contribution is -2.27. The van der Waals surface area contributed by atoms with Crippen LogP contribution in [0.1, 0.15) is 18.4 Å². The standard InChI is InChI=1S/C21H18ClN3O2S2/c1-12-19(13-5-3-2-4-6-13)20(12)25-29(26,27)18-10-9-17(28-18)21-23-15-8-7-14(22)11-16(15)24-21/h2-12,19-20,25H,1H3,(H,23,24)/t12-,19-,20+/m1/s1. The minimum Gasteiger partial charge on any atom is -0.337 e. The van der Waals surface area contributed by atoms with E-state index in [4.69, 9.17) is 11.6 Å². The van der Waals surface area contributed by atoms with E-state index < -0.39 is 10.0 Å². The van der Waals surface area contributed by atoms with Crippen LogP contribution in [0.4, 0.5) is 0 Å². The molecule has 29 heavy (non-hydrogen) atoms. The van der Waals surface area contributed by atoms with Crippen molar-refractivity contribution in [1.82, 2.24) is 14.7 Å². The highest BCUT2D eigenvalue weighted by molar-refractivity contribution is 7.91. The third-order valence-corrected chi connectivity index (χ3v) is 8.66. The summed E-state index contributed by atoms with van der Waals surface area (Å²) >= 11 is 7.23. The summed E-state index contributed by atoms with van der Waals surface area (Å²) in [4.78, 5) is 8.51. The van der Waals surface area contributed by atoms with Gasteiger partial charge in [-0.3, -0.25) is 0 Å². The molecule has 2 aromatic carbocycles. The molecule has 0 aliphatic heterocycles. The molecule has 0 spiro atoms. The molecule has 1 aliphatic carbocycles. The second-order valence-electron chi connectivity index (χ2n) is 7.31. The van der Waals surface area contributed by atoms with E-state index in [0.29, 0.717) is 10.8 Å². The van der Waals surface area contributed by atoms with Crippen molar-refractivity contribution in [2.75, 3.05) is 0 Å². The number of halogens is 1. The van der Waals surface area contributed by atoms with Gasteiger partial charge in [0.2, 0.25) is 10.0 Å². The first-order valence-electron chi connectivity index (χ1n) is 9.25. The Hall–Kier alpha value is -2.19. The topological polar surface area (TPSA) is 74.8 Å². The van der Waals surface area contributed by atoms with Crippen LogP contribution < -0.4 is 4.72 Å². The average molecular weight is 444 g/mol. The molecule has 8 heteroatoms. The van der Waals surface area contributed by atoms with Gasteiger partial charge in [0.05, 0.1) is 15.9 Å². The minimum atomic E-state index is -3.59. The first-order chi connectivity index (χ1) is 13.9. The van der Waals surface area contributed by atoms with Crippen LogP contribution >= 0.6 is 22.9 Å². The highest BCUT2D eigenvalue weighted by Gasteiger charge is 2.49. The monoisotopic (exact) mass is 443 g/mol. The third kappa shape index (κ3) is 3.48. The van der Waals surface area contributed by atoms with Gasteiger partial charge in [0.15, 0.2) is 0 Å². The van der Waals surface area contributed by atoms with E-state index in [9.17, 15) is 8.42 Å². The predicted molar refractivity (Wildman–Crippen MR) is 117 cm³/mol. The fourth-order valence-electron chi connectivity index (χ4n) is 3.76. The summed E-state index contributed by atoms with van der Waals surface area (Å²) in [6, 6.07) is 18.8. The number of nitrogens with zero attached hydrogens (tertiary/aromatic N) is 1. The van der Waals surface area contributed by atoms with Crippen molar-refractivity contribution >= 4 is 44.0 Å². The van der Waals surface area contributed by atoms with Crippen LogP contribution in [0, 0.1) is 5.92 Å². The summed E-state index contributed by atoms with van der Waals surface area (Å²) in [5.74, 6) is 1.12. The van der Waals surface area contributed by atoms with Crippen molar-refractivity contribution in [3.8, 4) is 10.7 Å². The van der Waals surface area contributed by atoms with Crippen LogP contribution in [-0.4, -0.2) is 24.4 Å². The lowest BCUT2D eigenvalue weighted by atomic mass is 10.1. The molecule has 2 heterocycles. The number of imidazole rings is 1. The molecule has 2 N–H and O–H groups in total. The van der Waals surface area contributed by atoms with E-state index in [2.05, 4.69) is 21.6 Å². The zero-order valence-electron chi connectivity index (χ0n) is 15.5. The number of hydrogen-bond donors (Lipinski definition) is 2. The van der Waals surface area contributed by atoms with Crippen LogP contribution in [0.3, 0.4) is 0 Å². The number of H-pyrrole nitrogens is 1. The maximum atomic E-state index is 12.9. The molecule has 148 valence electrons. The van der Waals surface area contributed by atoms with E-state index in [1.807, 2.05) is 36.4 Å². The molecular weight excluding hydrogens is 426 g/mol. The van der Waals surface area contributed by atoms with E-state index >= 15 is 0 Å². The molecule has 1 fully saturated rings. The number of sulfonamides is 1. The van der Waals surface area contributed by atoms with Gasteiger partial charge in [-0.1, -0.05) is 48.9 Å². The van der Waals surface area contributed by atoms with Crippen molar-refractivity contribution in [2.24, 2.45) is 5.92 Å². The second kappa shape index (κ2) is 6.95. The number of nitrogens with one attached hydrogen (secondary N) is 2. The van der Waals surface area contributed by atoms with Crippen LogP contribution in [0.5, 0.6) is 0 Å². The summed E-state index contributed by atoms with van der Waals surface area (Å²) in [6.07, 6.45) is 0.